The zero-order chi connectivity index (χ0) is 21.5. The highest BCUT2D eigenvalue weighted by atomic mass is 35.5. The lowest BCUT2D eigenvalue weighted by atomic mass is 10.2. The van der Waals surface area contributed by atoms with Crippen molar-refractivity contribution in [3.05, 3.63) is 63.4 Å². The average Bonchev–Trinajstić information content (AvgIpc) is 3.19. The number of nitro benzene ring substituents is 1. The number of anilines is 1. The predicted octanol–water partition coefficient (Wildman–Crippen LogP) is 3.68. The minimum Gasteiger partial charge on any atom is -0.495 e. The molecule has 12 heteroatoms. The van der Waals surface area contributed by atoms with Gasteiger partial charge in [0.05, 0.1) is 23.5 Å². The van der Waals surface area contributed by atoms with E-state index in [4.69, 9.17) is 21.1 Å². The maximum absolute atomic E-state index is 12.2. The number of nitro groups is 1. The van der Waals surface area contributed by atoms with E-state index in [0.717, 1.165) is 11.8 Å². The number of amides is 1. The molecule has 0 unspecified atom stereocenters. The van der Waals surface area contributed by atoms with Crippen LogP contribution in [0.4, 0.5) is 11.4 Å². The molecule has 0 fully saturated rings. The van der Waals surface area contributed by atoms with Crippen molar-refractivity contribution in [1.29, 1.82) is 0 Å². The van der Waals surface area contributed by atoms with Crippen molar-refractivity contribution >= 4 is 40.6 Å². The van der Waals surface area contributed by atoms with Crippen molar-refractivity contribution < 1.29 is 19.2 Å². The van der Waals surface area contributed by atoms with Gasteiger partial charge in [0.2, 0.25) is 11.1 Å². The summed E-state index contributed by atoms with van der Waals surface area (Å²) in [5, 5.41) is 21.3. The second-order valence-electron chi connectivity index (χ2n) is 5.79. The summed E-state index contributed by atoms with van der Waals surface area (Å²) in [4.78, 5) is 26.8. The fourth-order valence-electron chi connectivity index (χ4n) is 2.31. The Morgan fingerprint density at radius 2 is 2.07 bits per heavy atom. The Bertz CT molecular complexity index is 1040. The Balaban J connectivity index is 1.52. The number of methoxy groups -OCH3 is 1. The van der Waals surface area contributed by atoms with Gasteiger partial charge in [0, 0.05) is 17.2 Å². The van der Waals surface area contributed by atoms with Gasteiger partial charge in [0.25, 0.3) is 5.69 Å². The van der Waals surface area contributed by atoms with Crippen LogP contribution < -0.4 is 14.8 Å². The molecule has 0 aliphatic heterocycles. The van der Waals surface area contributed by atoms with Gasteiger partial charge in [0.15, 0.2) is 5.82 Å². The summed E-state index contributed by atoms with van der Waals surface area (Å²) in [7, 11) is 1.41. The number of thioether (sulfide) groups is 1. The van der Waals surface area contributed by atoms with Crippen molar-refractivity contribution in [1.82, 2.24) is 15.2 Å². The van der Waals surface area contributed by atoms with Gasteiger partial charge in [-0.3, -0.25) is 20.0 Å². The Morgan fingerprint density at radius 1 is 1.30 bits per heavy atom. The number of nitrogens with one attached hydrogen (secondary N) is 2. The Morgan fingerprint density at radius 3 is 2.77 bits per heavy atom. The highest BCUT2D eigenvalue weighted by Crippen LogP contribution is 2.29. The molecule has 30 heavy (non-hydrogen) atoms. The Hall–Kier alpha value is -3.31. The van der Waals surface area contributed by atoms with E-state index in [0.29, 0.717) is 27.5 Å². The standard InChI is InChI=1S/C18H16ClN5O5S/c1-28-15-7-4-12(24(26)27)8-14(15)20-17(25)10-30-18-21-16(22-23-18)9-29-13-5-2-11(19)3-6-13/h2-8H,9-10H2,1H3,(H,20,25)(H,21,22,23). The number of rotatable bonds is 9. The molecule has 0 saturated heterocycles. The van der Waals surface area contributed by atoms with Crippen LogP contribution in [0.15, 0.2) is 47.6 Å². The number of hydrogen-bond donors (Lipinski definition) is 2. The number of ether oxygens (including phenoxy) is 2. The second kappa shape index (κ2) is 9.94. The smallest absolute Gasteiger partial charge is 0.271 e. The maximum atomic E-state index is 12.2. The molecule has 0 spiro atoms. The second-order valence-corrected chi connectivity index (χ2v) is 7.16. The van der Waals surface area contributed by atoms with Crippen LogP contribution in [0.2, 0.25) is 5.02 Å². The number of benzene rings is 2. The summed E-state index contributed by atoms with van der Waals surface area (Å²) in [6, 6.07) is 10.9. The lowest BCUT2D eigenvalue weighted by molar-refractivity contribution is -0.384. The number of non-ortho nitro benzene ring substituents is 1. The summed E-state index contributed by atoms with van der Waals surface area (Å²) < 4.78 is 10.7. The van der Waals surface area contributed by atoms with Crippen LogP contribution in [0.1, 0.15) is 5.82 Å². The molecule has 2 aromatic carbocycles. The molecule has 156 valence electrons. The molecule has 3 rings (SSSR count). The fourth-order valence-corrected chi connectivity index (χ4v) is 3.06. The first kappa shape index (κ1) is 21.4. The third-order valence-electron chi connectivity index (χ3n) is 3.70. The summed E-state index contributed by atoms with van der Waals surface area (Å²) in [5.74, 6) is 1.06. The first-order valence-corrected chi connectivity index (χ1v) is 9.85. The van der Waals surface area contributed by atoms with Gasteiger partial charge in [0.1, 0.15) is 18.1 Å². The zero-order valence-electron chi connectivity index (χ0n) is 15.6. The van der Waals surface area contributed by atoms with Crippen LogP contribution in [0.25, 0.3) is 0 Å². The number of aromatic amines is 1. The van der Waals surface area contributed by atoms with Gasteiger partial charge in [-0.2, -0.15) is 0 Å². The van der Waals surface area contributed by atoms with Crippen LogP contribution in [-0.4, -0.2) is 38.9 Å². The van der Waals surface area contributed by atoms with Crippen molar-refractivity contribution in [2.24, 2.45) is 0 Å². The fraction of sp³-hybridized carbons (Fsp3) is 0.167. The molecule has 0 saturated carbocycles. The lowest BCUT2D eigenvalue weighted by Crippen LogP contribution is -2.15. The molecule has 0 radical (unpaired) electrons. The van der Waals surface area contributed by atoms with E-state index in [2.05, 4.69) is 20.5 Å². The van der Waals surface area contributed by atoms with Gasteiger partial charge in [-0.1, -0.05) is 23.4 Å². The van der Waals surface area contributed by atoms with Crippen LogP contribution in [0, 0.1) is 10.1 Å². The van der Waals surface area contributed by atoms with Crippen LogP contribution >= 0.6 is 23.4 Å². The molecule has 0 bridgehead atoms. The van der Waals surface area contributed by atoms with Crippen LogP contribution in [0.5, 0.6) is 11.5 Å². The van der Waals surface area contributed by atoms with Crippen LogP contribution in [-0.2, 0) is 11.4 Å². The molecule has 1 aromatic heterocycles. The number of H-pyrrole nitrogens is 1. The maximum Gasteiger partial charge on any atom is 0.271 e. The van der Waals surface area contributed by atoms with Gasteiger partial charge in [-0.15, -0.1) is 5.10 Å². The molecule has 0 aliphatic carbocycles. The summed E-state index contributed by atoms with van der Waals surface area (Å²) >= 11 is 6.93. The van der Waals surface area contributed by atoms with Crippen LogP contribution in [0.3, 0.4) is 0 Å². The lowest BCUT2D eigenvalue weighted by Gasteiger charge is -2.09. The molecule has 2 N–H and O–H groups in total. The Labute approximate surface area is 180 Å². The molecule has 0 aliphatic rings. The average molecular weight is 450 g/mol. The van der Waals surface area contributed by atoms with E-state index < -0.39 is 4.92 Å². The molecule has 1 heterocycles. The molecular formula is C18H16ClN5O5S. The van der Waals surface area contributed by atoms with Gasteiger partial charge in [-0.25, -0.2) is 4.98 Å². The third kappa shape index (κ3) is 5.84. The van der Waals surface area contributed by atoms with Gasteiger partial charge < -0.3 is 14.8 Å². The Kier molecular flexibility index (Phi) is 7.09. The molecular weight excluding hydrogens is 434 g/mol. The monoisotopic (exact) mass is 449 g/mol. The summed E-state index contributed by atoms with van der Waals surface area (Å²) in [6.45, 7) is 0.173. The normalized spacial score (nSPS) is 10.5. The highest BCUT2D eigenvalue weighted by molar-refractivity contribution is 7.99. The van der Waals surface area contributed by atoms with Crippen molar-refractivity contribution in [2.45, 2.75) is 11.8 Å². The number of carbonyl (C=O) groups excluding carboxylic acids is 1. The molecule has 0 atom stereocenters. The third-order valence-corrected chi connectivity index (χ3v) is 4.80. The predicted molar refractivity (Wildman–Crippen MR) is 111 cm³/mol. The quantitative estimate of drug-likeness (QED) is 0.287. The zero-order valence-corrected chi connectivity index (χ0v) is 17.2. The number of aromatic nitrogens is 3. The number of nitrogens with zero attached hydrogens (tertiary/aromatic N) is 3. The SMILES string of the molecule is COc1ccc([N+](=O)[O-])cc1NC(=O)CSc1n[nH]c(COc2ccc(Cl)cc2)n1. The van der Waals surface area contributed by atoms with Gasteiger partial charge >= 0.3 is 0 Å². The molecule has 1 amide bonds. The van der Waals surface area contributed by atoms with Crippen molar-refractivity contribution in [3.8, 4) is 11.5 Å². The molecule has 10 nitrogen and oxygen atoms in total. The van der Waals surface area contributed by atoms with E-state index in [9.17, 15) is 14.9 Å². The summed E-state index contributed by atoms with van der Waals surface area (Å²) in [6.07, 6.45) is 0. The molecule has 3 aromatic rings. The number of hydrogen-bond acceptors (Lipinski definition) is 8. The van der Waals surface area contributed by atoms with E-state index in [-0.39, 0.29) is 29.6 Å². The van der Waals surface area contributed by atoms with E-state index in [1.54, 1.807) is 24.3 Å². The van der Waals surface area contributed by atoms with Crippen molar-refractivity contribution in [2.75, 3.05) is 18.2 Å². The topological polar surface area (TPSA) is 132 Å². The van der Waals surface area contributed by atoms with Crippen molar-refractivity contribution in [3.63, 3.8) is 0 Å². The largest absolute Gasteiger partial charge is 0.495 e. The highest BCUT2D eigenvalue weighted by Gasteiger charge is 2.15. The van der Waals surface area contributed by atoms with Gasteiger partial charge in [-0.05, 0) is 30.3 Å². The minimum absolute atomic E-state index is 0.00117. The first-order valence-electron chi connectivity index (χ1n) is 8.49. The minimum atomic E-state index is -0.550. The van der Waals surface area contributed by atoms with E-state index >= 15 is 0 Å². The summed E-state index contributed by atoms with van der Waals surface area (Å²) in [5.41, 5.74) is 0.0578. The number of halogens is 1. The van der Waals surface area contributed by atoms with E-state index in [1.165, 1.54) is 25.3 Å². The first-order chi connectivity index (χ1) is 14.4. The van der Waals surface area contributed by atoms with E-state index in [1.807, 2.05) is 0 Å². The number of carbonyl (C=O) groups is 1.